The monoisotopic (exact) mass is 235 g/mol. The molecule has 5 fully saturated rings. The second kappa shape index (κ2) is 3.96. The minimum absolute atomic E-state index is 0.517. The summed E-state index contributed by atoms with van der Waals surface area (Å²) in [4.78, 5) is 0. The molecule has 0 amide bonds. The number of nitrogens with one attached hydrogen (secondary N) is 1. The van der Waals surface area contributed by atoms with E-state index in [4.69, 9.17) is 4.74 Å². The van der Waals surface area contributed by atoms with E-state index in [-0.39, 0.29) is 0 Å². The maximum Gasteiger partial charge on any atom is 0.0700 e. The highest BCUT2D eigenvalue weighted by Gasteiger charge is 2.50. The van der Waals surface area contributed by atoms with Crippen molar-refractivity contribution in [1.29, 1.82) is 0 Å². The molecule has 1 N–H and O–H groups in total. The van der Waals surface area contributed by atoms with E-state index in [2.05, 4.69) is 5.32 Å². The van der Waals surface area contributed by atoms with Crippen LogP contribution in [0.5, 0.6) is 0 Å². The van der Waals surface area contributed by atoms with Gasteiger partial charge in [0.05, 0.1) is 6.10 Å². The van der Waals surface area contributed by atoms with E-state index in [1.807, 2.05) is 0 Å². The third-order valence-corrected chi connectivity index (χ3v) is 5.77. The molecule has 17 heavy (non-hydrogen) atoms. The van der Waals surface area contributed by atoms with Crippen LogP contribution < -0.4 is 5.32 Å². The zero-order valence-electron chi connectivity index (χ0n) is 10.8. The quantitative estimate of drug-likeness (QED) is 0.812. The molecule has 1 atom stereocenters. The fraction of sp³-hybridized carbons (Fsp3) is 1.00. The molecule has 0 radical (unpaired) electrons. The zero-order valence-corrected chi connectivity index (χ0v) is 10.8. The van der Waals surface area contributed by atoms with Gasteiger partial charge in [-0.1, -0.05) is 0 Å². The van der Waals surface area contributed by atoms with Crippen LogP contribution in [-0.4, -0.2) is 24.8 Å². The molecule has 4 saturated carbocycles. The summed E-state index contributed by atoms with van der Waals surface area (Å²) in [5.74, 6) is 3.16. The van der Waals surface area contributed by atoms with Crippen molar-refractivity contribution in [2.45, 2.75) is 63.0 Å². The Labute approximate surface area is 104 Å². The lowest BCUT2D eigenvalue weighted by atomic mass is 9.53. The highest BCUT2D eigenvalue weighted by Crippen LogP contribution is 2.55. The topological polar surface area (TPSA) is 21.3 Å². The van der Waals surface area contributed by atoms with Gasteiger partial charge in [0.25, 0.3) is 0 Å². The first kappa shape index (κ1) is 10.8. The lowest BCUT2D eigenvalue weighted by Gasteiger charge is -2.57. The van der Waals surface area contributed by atoms with E-state index in [0.29, 0.717) is 11.6 Å². The van der Waals surface area contributed by atoms with Gasteiger partial charge in [0.1, 0.15) is 0 Å². The molecule has 5 aliphatic rings. The molecule has 0 spiro atoms. The Kier molecular flexibility index (Phi) is 2.52. The number of hydrogen-bond acceptors (Lipinski definition) is 2. The second-order valence-electron chi connectivity index (χ2n) is 7.21. The van der Waals surface area contributed by atoms with Gasteiger partial charge in [-0.05, 0) is 69.1 Å². The fourth-order valence-electron chi connectivity index (χ4n) is 5.46. The van der Waals surface area contributed by atoms with Crippen molar-refractivity contribution in [3.8, 4) is 0 Å². The van der Waals surface area contributed by atoms with Gasteiger partial charge in [0, 0.05) is 18.7 Å². The lowest BCUT2D eigenvalue weighted by molar-refractivity contribution is -0.0260. The van der Waals surface area contributed by atoms with Gasteiger partial charge in [-0.15, -0.1) is 0 Å². The molecule has 0 aromatic heterocycles. The first-order valence-corrected chi connectivity index (χ1v) is 7.68. The Balaban J connectivity index is 1.42. The lowest BCUT2D eigenvalue weighted by Crippen LogP contribution is -2.59. The third-order valence-electron chi connectivity index (χ3n) is 5.77. The standard InChI is InChI=1S/C15H25NO/c1-2-14(17-3-1)10-16-15-7-11-4-12(8-15)6-13(5-11)9-15/h11-14,16H,1-10H2. The summed E-state index contributed by atoms with van der Waals surface area (Å²) in [6.45, 7) is 2.11. The second-order valence-corrected chi connectivity index (χ2v) is 7.21. The van der Waals surface area contributed by atoms with Gasteiger partial charge >= 0.3 is 0 Å². The average Bonchev–Trinajstić information content (AvgIpc) is 2.77. The van der Waals surface area contributed by atoms with Crippen molar-refractivity contribution in [1.82, 2.24) is 5.32 Å². The van der Waals surface area contributed by atoms with E-state index in [9.17, 15) is 0 Å². The van der Waals surface area contributed by atoms with Crippen LogP contribution >= 0.6 is 0 Å². The molecule has 96 valence electrons. The molecule has 1 saturated heterocycles. The highest BCUT2D eigenvalue weighted by molar-refractivity contribution is 5.06. The SMILES string of the molecule is C1COC(CNC23CC4CC(CC(C4)C2)C3)C1. The fourth-order valence-corrected chi connectivity index (χ4v) is 5.46. The Morgan fingerprint density at radius 2 is 1.65 bits per heavy atom. The largest absolute Gasteiger partial charge is 0.377 e. The maximum absolute atomic E-state index is 5.75. The van der Waals surface area contributed by atoms with Gasteiger partial charge in [-0.25, -0.2) is 0 Å². The van der Waals surface area contributed by atoms with Crippen molar-refractivity contribution in [2.75, 3.05) is 13.2 Å². The van der Waals surface area contributed by atoms with Gasteiger partial charge in [0.15, 0.2) is 0 Å². The first-order valence-electron chi connectivity index (χ1n) is 7.68. The molecular formula is C15H25NO. The molecule has 0 aromatic carbocycles. The van der Waals surface area contributed by atoms with Crippen molar-refractivity contribution in [3.63, 3.8) is 0 Å². The first-order chi connectivity index (χ1) is 8.31. The van der Waals surface area contributed by atoms with Gasteiger partial charge < -0.3 is 10.1 Å². The van der Waals surface area contributed by atoms with Crippen molar-refractivity contribution < 1.29 is 4.74 Å². The number of hydrogen-bond donors (Lipinski definition) is 1. The minimum Gasteiger partial charge on any atom is -0.377 e. The Morgan fingerprint density at radius 1 is 1.00 bits per heavy atom. The molecule has 0 aromatic rings. The molecule has 4 aliphatic carbocycles. The summed E-state index contributed by atoms with van der Waals surface area (Å²) < 4.78 is 5.75. The van der Waals surface area contributed by atoms with Crippen LogP contribution in [0, 0.1) is 17.8 Å². The summed E-state index contributed by atoms with van der Waals surface area (Å²) in [6.07, 6.45) is 12.1. The molecule has 4 bridgehead atoms. The van der Waals surface area contributed by atoms with E-state index >= 15 is 0 Å². The van der Waals surface area contributed by atoms with Crippen LogP contribution in [0.4, 0.5) is 0 Å². The van der Waals surface area contributed by atoms with Crippen molar-refractivity contribution in [2.24, 2.45) is 17.8 Å². The normalized spacial score (nSPS) is 52.2. The molecule has 1 aliphatic heterocycles. The predicted molar refractivity (Wildman–Crippen MR) is 67.9 cm³/mol. The zero-order chi connectivity index (χ0) is 11.3. The van der Waals surface area contributed by atoms with Gasteiger partial charge in [0.2, 0.25) is 0 Å². The Morgan fingerprint density at radius 3 is 2.18 bits per heavy atom. The van der Waals surface area contributed by atoms with Crippen molar-refractivity contribution in [3.05, 3.63) is 0 Å². The molecule has 1 heterocycles. The van der Waals surface area contributed by atoms with Gasteiger partial charge in [-0.2, -0.15) is 0 Å². The van der Waals surface area contributed by atoms with Crippen LogP contribution in [0.15, 0.2) is 0 Å². The van der Waals surface area contributed by atoms with Crippen LogP contribution in [-0.2, 0) is 4.74 Å². The molecule has 5 rings (SSSR count). The van der Waals surface area contributed by atoms with Gasteiger partial charge in [-0.3, -0.25) is 0 Å². The van der Waals surface area contributed by atoms with Crippen LogP contribution in [0.3, 0.4) is 0 Å². The van der Waals surface area contributed by atoms with E-state index in [0.717, 1.165) is 30.9 Å². The molecule has 2 nitrogen and oxygen atoms in total. The van der Waals surface area contributed by atoms with Crippen LogP contribution in [0.25, 0.3) is 0 Å². The van der Waals surface area contributed by atoms with Crippen molar-refractivity contribution >= 4 is 0 Å². The van der Waals surface area contributed by atoms with E-state index < -0.39 is 0 Å². The number of rotatable bonds is 3. The average molecular weight is 235 g/mol. The van der Waals surface area contributed by atoms with Crippen LogP contribution in [0.1, 0.15) is 51.4 Å². The smallest absolute Gasteiger partial charge is 0.0700 e. The summed E-state index contributed by atoms with van der Waals surface area (Å²) in [6, 6.07) is 0. The highest BCUT2D eigenvalue weighted by atomic mass is 16.5. The summed E-state index contributed by atoms with van der Waals surface area (Å²) >= 11 is 0. The van der Waals surface area contributed by atoms with E-state index in [1.54, 1.807) is 19.3 Å². The minimum atomic E-state index is 0.517. The molecular weight excluding hydrogens is 210 g/mol. The Hall–Kier alpha value is -0.0800. The third kappa shape index (κ3) is 1.94. The van der Waals surface area contributed by atoms with Crippen LogP contribution in [0.2, 0.25) is 0 Å². The molecule has 2 heteroatoms. The van der Waals surface area contributed by atoms with E-state index in [1.165, 1.54) is 32.1 Å². The molecule has 1 unspecified atom stereocenters. The predicted octanol–water partition coefficient (Wildman–Crippen LogP) is 2.72. The Bertz CT molecular complexity index is 260. The summed E-state index contributed by atoms with van der Waals surface area (Å²) in [5, 5.41) is 3.94. The number of ether oxygens (including phenoxy) is 1. The summed E-state index contributed by atoms with van der Waals surface area (Å²) in [7, 11) is 0. The maximum atomic E-state index is 5.75. The summed E-state index contributed by atoms with van der Waals surface area (Å²) in [5.41, 5.74) is 0.528.